The van der Waals surface area contributed by atoms with E-state index in [0.717, 1.165) is 55.1 Å². The summed E-state index contributed by atoms with van der Waals surface area (Å²) in [6.07, 6.45) is 1.09. The van der Waals surface area contributed by atoms with Gasteiger partial charge in [-0.2, -0.15) is 5.10 Å². The van der Waals surface area contributed by atoms with E-state index in [1.807, 2.05) is 6.92 Å². The Morgan fingerprint density at radius 1 is 1.29 bits per heavy atom. The number of nitrogens with zero attached hydrogens (tertiary/aromatic N) is 3. The molecule has 1 aromatic rings. The van der Waals surface area contributed by atoms with Gasteiger partial charge in [0.15, 0.2) is 5.82 Å². The molecular formula is C13H24N4. The van der Waals surface area contributed by atoms with Crippen LogP contribution in [0.15, 0.2) is 0 Å². The summed E-state index contributed by atoms with van der Waals surface area (Å²) in [4.78, 5) is 2.40. The van der Waals surface area contributed by atoms with Gasteiger partial charge in [0.1, 0.15) is 0 Å². The summed E-state index contributed by atoms with van der Waals surface area (Å²) in [5, 5.41) is 4.54. The molecule has 2 rings (SSSR count). The van der Waals surface area contributed by atoms with E-state index in [-0.39, 0.29) is 0 Å². The number of anilines is 2. The molecule has 0 bridgehead atoms. The molecule has 1 aliphatic rings. The highest BCUT2D eigenvalue weighted by Gasteiger charge is 2.30. The molecule has 2 atom stereocenters. The normalized spacial score (nSPS) is 24.6. The van der Waals surface area contributed by atoms with Crippen molar-refractivity contribution < 1.29 is 0 Å². The summed E-state index contributed by atoms with van der Waals surface area (Å²) in [5.41, 5.74) is 8.00. The average molecular weight is 236 g/mol. The second kappa shape index (κ2) is 4.59. The van der Waals surface area contributed by atoms with Gasteiger partial charge in [0.05, 0.1) is 11.4 Å². The van der Waals surface area contributed by atoms with Crippen LogP contribution in [0.5, 0.6) is 0 Å². The Hall–Kier alpha value is -1.19. The predicted octanol–water partition coefficient (Wildman–Crippen LogP) is 2.28. The van der Waals surface area contributed by atoms with Crippen LogP contribution in [0.2, 0.25) is 0 Å². The number of nitrogen functional groups attached to an aromatic ring is 1. The average Bonchev–Trinajstić information content (AvgIpc) is 2.71. The lowest BCUT2D eigenvalue weighted by Crippen LogP contribution is -2.24. The molecule has 4 nitrogen and oxygen atoms in total. The molecule has 0 aliphatic carbocycles. The number of nitrogens with two attached hydrogens (primary N) is 1. The fraction of sp³-hybridized carbons (Fsp3) is 0.769. The van der Waals surface area contributed by atoms with E-state index >= 15 is 0 Å². The number of hydrogen-bond acceptors (Lipinski definition) is 3. The zero-order chi connectivity index (χ0) is 12.6. The van der Waals surface area contributed by atoms with Gasteiger partial charge >= 0.3 is 0 Å². The SMILES string of the molecule is CCCn1nc(C)c(N)c1N1CC(C)C(C)C1. The fourth-order valence-electron chi connectivity index (χ4n) is 2.59. The molecule has 0 spiro atoms. The maximum atomic E-state index is 6.18. The Morgan fingerprint density at radius 2 is 1.88 bits per heavy atom. The van der Waals surface area contributed by atoms with Crippen LogP contribution < -0.4 is 10.6 Å². The van der Waals surface area contributed by atoms with Gasteiger partial charge in [-0.15, -0.1) is 0 Å². The number of rotatable bonds is 3. The summed E-state index contributed by atoms with van der Waals surface area (Å²) < 4.78 is 2.08. The third-order valence-corrected chi connectivity index (χ3v) is 3.87. The molecule has 1 aromatic heterocycles. The van der Waals surface area contributed by atoms with Crippen LogP contribution in [-0.2, 0) is 6.54 Å². The highest BCUT2D eigenvalue weighted by atomic mass is 15.4. The summed E-state index contributed by atoms with van der Waals surface area (Å²) >= 11 is 0. The first-order valence-corrected chi connectivity index (χ1v) is 6.62. The molecule has 2 heterocycles. The first-order valence-electron chi connectivity index (χ1n) is 6.62. The smallest absolute Gasteiger partial charge is 0.150 e. The van der Waals surface area contributed by atoms with Gasteiger partial charge in [-0.3, -0.25) is 0 Å². The van der Waals surface area contributed by atoms with Crippen LogP contribution in [0.25, 0.3) is 0 Å². The predicted molar refractivity (Wildman–Crippen MR) is 72.2 cm³/mol. The number of aryl methyl sites for hydroxylation is 2. The molecule has 1 saturated heterocycles. The van der Waals surface area contributed by atoms with Crippen molar-refractivity contribution in [2.24, 2.45) is 11.8 Å². The zero-order valence-corrected chi connectivity index (χ0v) is 11.4. The van der Waals surface area contributed by atoms with Gasteiger partial charge in [-0.1, -0.05) is 20.8 Å². The van der Waals surface area contributed by atoms with Crippen LogP contribution in [-0.4, -0.2) is 22.9 Å². The molecule has 1 aliphatic heterocycles. The molecular weight excluding hydrogens is 212 g/mol. The molecule has 1 fully saturated rings. The van der Waals surface area contributed by atoms with Crippen LogP contribution in [0.4, 0.5) is 11.5 Å². The second-order valence-corrected chi connectivity index (χ2v) is 5.41. The summed E-state index contributed by atoms with van der Waals surface area (Å²) in [6.45, 7) is 11.9. The first kappa shape index (κ1) is 12.3. The fourth-order valence-corrected chi connectivity index (χ4v) is 2.59. The van der Waals surface area contributed by atoms with Crippen LogP contribution >= 0.6 is 0 Å². The topological polar surface area (TPSA) is 47.1 Å². The largest absolute Gasteiger partial charge is 0.394 e. The van der Waals surface area contributed by atoms with Gasteiger partial charge in [-0.25, -0.2) is 4.68 Å². The molecule has 0 aromatic carbocycles. The van der Waals surface area contributed by atoms with Gasteiger partial charge in [-0.05, 0) is 25.2 Å². The molecule has 4 heteroatoms. The van der Waals surface area contributed by atoms with E-state index in [2.05, 4.69) is 35.5 Å². The minimum atomic E-state index is 0.736. The molecule has 0 radical (unpaired) electrons. The molecule has 96 valence electrons. The molecule has 0 saturated carbocycles. The molecule has 2 N–H and O–H groups in total. The van der Waals surface area contributed by atoms with Crippen molar-refractivity contribution in [2.75, 3.05) is 23.7 Å². The summed E-state index contributed by atoms with van der Waals surface area (Å²) in [6, 6.07) is 0. The van der Waals surface area contributed by atoms with Gasteiger partial charge in [0.25, 0.3) is 0 Å². The maximum Gasteiger partial charge on any atom is 0.150 e. The minimum absolute atomic E-state index is 0.736. The van der Waals surface area contributed by atoms with E-state index in [1.165, 1.54) is 0 Å². The maximum absolute atomic E-state index is 6.18. The van der Waals surface area contributed by atoms with Crippen molar-refractivity contribution in [1.29, 1.82) is 0 Å². The van der Waals surface area contributed by atoms with E-state index in [1.54, 1.807) is 0 Å². The van der Waals surface area contributed by atoms with E-state index in [4.69, 9.17) is 5.73 Å². The summed E-state index contributed by atoms with van der Waals surface area (Å²) in [7, 11) is 0. The van der Waals surface area contributed by atoms with Crippen molar-refractivity contribution in [3.8, 4) is 0 Å². The highest BCUT2D eigenvalue weighted by Crippen LogP contribution is 2.33. The molecule has 2 unspecified atom stereocenters. The van der Waals surface area contributed by atoms with Crippen molar-refractivity contribution in [3.05, 3.63) is 5.69 Å². The Labute approximate surface area is 104 Å². The van der Waals surface area contributed by atoms with Gasteiger partial charge in [0.2, 0.25) is 0 Å². The minimum Gasteiger partial charge on any atom is -0.394 e. The molecule has 0 amide bonds. The Balaban J connectivity index is 2.31. The Kier molecular flexibility index (Phi) is 3.31. The second-order valence-electron chi connectivity index (χ2n) is 5.41. The van der Waals surface area contributed by atoms with Crippen LogP contribution in [0.3, 0.4) is 0 Å². The highest BCUT2D eigenvalue weighted by molar-refractivity contribution is 5.66. The quantitative estimate of drug-likeness (QED) is 0.875. The lowest BCUT2D eigenvalue weighted by atomic mass is 10.0. The number of aromatic nitrogens is 2. The number of hydrogen-bond donors (Lipinski definition) is 1. The third-order valence-electron chi connectivity index (χ3n) is 3.87. The van der Waals surface area contributed by atoms with Crippen molar-refractivity contribution in [3.63, 3.8) is 0 Å². The lowest BCUT2D eigenvalue weighted by Gasteiger charge is -2.20. The Bertz CT molecular complexity index is 386. The summed E-state index contributed by atoms with van der Waals surface area (Å²) in [5.74, 6) is 2.61. The Morgan fingerprint density at radius 3 is 2.41 bits per heavy atom. The van der Waals surface area contributed by atoms with Crippen molar-refractivity contribution in [2.45, 2.75) is 40.7 Å². The lowest BCUT2D eigenvalue weighted by molar-refractivity contribution is 0.494. The zero-order valence-electron chi connectivity index (χ0n) is 11.4. The van der Waals surface area contributed by atoms with Crippen LogP contribution in [0, 0.1) is 18.8 Å². The van der Waals surface area contributed by atoms with E-state index in [0.29, 0.717) is 0 Å². The van der Waals surface area contributed by atoms with Gasteiger partial charge < -0.3 is 10.6 Å². The van der Waals surface area contributed by atoms with Crippen LogP contribution in [0.1, 0.15) is 32.9 Å². The van der Waals surface area contributed by atoms with E-state index < -0.39 is 0 Å². The third kappa shape index (κ3) is 2.13. The first-order chi connectivity index (χ1) is 8.04. The van der Waals surface area contributed by atoms with E-state index in [9.17, 15) is 0 Å². The monoisotopic (exact) mass is 236 g/mol. The standard InChI is InChI=1S/C13H24N4/c1-5-6-17-13(12(14)11(4)15-17)16-7-9(2)10(3)8-16/h9-10H,5-8,14H2,1-4H3. The van der Waals surface area contributed by atoms with Crippen molar-refractivity contribution in [1.82, 2.24) is 9.78 Å². The van der Waals surface area contributed by atoms with Gasteiger partial charge in [0, 0.05) is 19.6 Å². The van der Waals surface area contributed by atoms with Crippen molar-refractivity contribution >= 4 is 11.5 Å². The molecule has 17 heavy (non-hydrogen) atoms.